The van der Waals surface area contributed by atoms with Crippen LogP contribution in [0.4, 0.5) is 0 Å². The normalized spacial score (nSPS) is 13.3. The molecule has 262 valence electrons. The zero-order valence-corrected chi connectivity index (χ0v) is 31.2. The monoisotopic (exact) mass is 712 g/mol. The maximum Gasteiger partial charge on any atom is 0.143 e. The molecule has 1 aliphatic rings. The van der Waals surface area contributed by atoms with Crippen LogP contribution < -0.4 is 0 Å². The van der Waals surface area contributed by atoms with Crippen molar-refractivity contribution in [2.24, 2.45) is 0 Å². The molecule has 0 amide bonds. The van der Waals surface area contributed by atoms with Gasteiger partial charge in [0.2, 0.25) is 0 Å². The largest absolute Gasteiger partial charge is 0.455 e. The molecule has 1 aromatic heterocycles. The summed E-state index contributed by atoms with van der Waals surface area (Å²) in [5.41, 5.74) is 14.3. The maximum atomic E-state index is 6.98. The van der Waals surface area contributed by atoms with Gasteiger partial charge in [-0.05, 0) is 117 Å². The summed E-state index contributed by atoms with van der Waals surface area (Å²) in [5, 5.41) is 12.3. The fraction of sp³-hybridized carbons (Fsp3) is 0.0545. The minimum atomic E-state index is -0.206. The van der Waals surface area contributed by atoms with Gasteiger partial charge in [-0.3, -0.25) is 0 Å². The predicted octanol–water partition coefficient (Wildman–Crippen LogP) is 15.5. The lowest BCUT2D eigenvalue weighted by atomic mass is 9.78. The third-order valence-corrected chi connectivity index (χ3v) is 12.6. The molecule has 1 aliphatic carbocycles. The van der Waals surface area contributed by atoms with E-state index >= 15 is 0 Å². The van der Waals surface area contributed by atoms with Gasteiger partial charge < -0.3 is 4.42 Å². The molecule has 1 heteroatoms. The topological polar surface area (TPSA) is 13.1 Å². The van der Waals surface area contributed by atoms with Crippen molar-refractivity contribution in [1.82, 2.24) is 0 Å². The van der Waals surface area contributed by atoms with Crippen molar-refractivity contribution in [3.8, 4) is 44.5 Å². The minimum absolute atomic E-state index is 0.206. The van der Waals surface area contributed by atoms with Gasteiger partial charge in [-0.2, -0.15) is 0 Å². The number of rotatable bonds is 3. The number of hydrogen-bond donors (Lipinski definition) is 0. The summed E-state index contributed by atoms with van der Waals surface area (Å²) >= 11 is 0. The van der Waals surface area contributed by atoms with E-state index in [0.29, 0.717) is 0 Å². The van der Waals surface area contributed by atoms with Crippen molar-refractivity contribution in [1.29, 1.82) is 0 Å². The lowest BCUT2D eigenvalue weighted by molar-refractivity contribution is 0.650. The molecule has 10 aromatic carbocycles. The zero-order valence-electron chi connectivity index (χ0n) is 31.2. The Kier molecular flexibility index (Phi) is 6.46. The van der Waals surface area contributed by atoms with Crippen LogP contribution in [0.25, 0.3) is 110 Å². The average molecular weight is 713 g/mol. The third-order valence-electron chi connectivity index (χ3n) is 12.6. The van der Waals surface area contributed by atoms with Gasteiger partial charge in [-0.15, -0.1) is 0 Å². The second-order valence-corrected chi connectivity index (χ2v) is 16.0. The highest BCUT2D eigenvalue weighted by molar-refractivity contribution is 6.22. The summed E-state index contributed by atoms with van der Waals surface area (Å²) in [6.07, 6.45) is 0. The first-order valence-electron chi connectivity index (χ1n) is 19.6. The smallest absolute Gasteiger partial charge is 0.143 e. The van der Waals surface area contributed by atoms with Crippen molar-refractivity contribution >= 4 is 65.0 Å². The quantitative estimate of drug-likeness (QED) is 0.166. The second-order valence-electron chi connectivity index (χ2n) is 16.0. The standard InChI is InChI=1S/C55H36O/c1-55(2)48-22-12-11-17-40(48)46-32-47-45-30-37-15-5-6-16-38(37)31-49(45)56-54(47)52(53(46)55)35-26-24-34(25-27-35)50-41-18-7-9-20-43(41)51(44-21-10-8-19-42(44)50)39-28-23-33-13-3-4-14-36(33)29-39/h3-32H,1-2H3. The molecule has 11 aromatic rings. The molecule has 0 aliphatic heterocycles. The van der Waals surface area contributed by atoms with Gasteiger partial charge in [0.05, 0.1) is 0 Å². The van der Waals surface area contributed by atoms with E-state index in [1.807, 2.05) is 0 Å². The molecule has 0 spiro atoms. The van der Waals surface area contributed by atoms with Gasteiger partial charge in [-0.25, -0.2) is 0 Å². The van der Waals surface area contributed by atoms with E-state index in [2.05, 4.69) is 196 Å². The maximum absolute atomic E-state index is 6.98. The lowest BCUT2D eigenvalue weighted by Gasteiger charge is -2.25. The van der Waals surface area contributed by atoms with Gasteiger partial charge in [-0.1, -0.05) is 172 Å². The average Bonchev–Trinajstić information content (AvgIpc) is 3.71. The van der Waals surface area contributed by atoms with Crippen molar-refractivity contribution in [2.75, 3.05) is 0 Å². The van der Waals surface area contributed by atoms with E-state index < -0.39 is 0 Å². The molecular weight excluding hydrogens is 677 g/mol. The number of benzene rings is 10. The first-order valence-corrected chi connectivity index (χ1v) is 19.6. The molecular formula is C55H36O. The highest BCUT2D eigenvalue weighted by atomic mass is 16.3. The van der Waals surface area contributed by atoms with Crippen LogP contribution in [-0.2, 0) is 5.41 Å². The molecule has 0 unspecified atom stereocenters. The number of furan rings is 1. The van der Waals surface area contributed by atoms with Crippen LogP contribution in [-0.4, -0.2) is 0 Å². The Bertz CT molecular complexity index is 3370. The SMILES string of the molecule is CC1(C)c2ccccc2-c2cc3c(oc4cc5ccccc5cc43)c(-c3ccc(-c4c5ccccc5c(-c5ccc6ccccc6c5)c5ccccc45)cc3)c21. The molecule has 0 saturated carbocycles. The molecule has 56 heavy (non-hydrogen) atoms. The van der Waals surface area contributed by atoms with Crippen molar-refractivity contribution < 1.29 is 4.42 Å². The summed E-state index contributed by atoms with van der Waals surface area (Å²) in [4.78, 5) is 0. The fourth-order valence-electron chi connectivity index (χ4n) is 10.0. The minimum Gasteiger partial charge on any atom is -0.455 e. The Hall–Kier alpha value is -6.96. The zero-order chi connectivity index (χ0) is 37.1. The Balaban J connectivity index is 1.10. The lowest BCUT2D eigenvalue weighted by Crippen LogP contribution is -2.16. The summed E-state index contributed by atoms with van der Waals surface area (Å²) in [6.45, 7) is 4.74. The molecule has 0 N–H and O–H groups in total. The number of hydrogen-bond acceptors (Lipinski definition) is 1. The van der Waals surface area contributed by atoms with E-state index in [0.717, 1.165) is 21.9 Å². The van der Waals surface area contributed by atoms with Crippen molar-refractivity contribution in [2.45, 2.75) is 19.3 Å². The second kappa shape index (κ2) is 11.5. The van der Waals surface area contributed by atoms with E-state index in [4.69, 9.17) is 4.42 Å². The Morgan fingerprint density at radius 2 is 0.857 bits per heavy atom. The van der Waals surface area contributed by atoms with Gasteiger partial charge in [0.1, 0.15) is 11.2 Å². The fourth-order valence-corrected chi connectivity index (χ4v) is 10.0. The molecule has 0 bridgehead atoms. The van der Waals surface area contributed by atoms with E-state index in [1.165, 1.54) is 98.7 Å². The number of fused-ring (bicyclic) bond motifs is 10. The summed E-state index contributed by atoms with van der Waals surface area (Å²) in [5.74, 6) is 0. The van der Waals surface area contributed by atoms with Crippen LogP contribution in [0.1, 0.15) is 25.0 Å². The molecule has 0 saturated heterocycles. The first kappa shape index (κ1) is 31.4. The first-order chi connectivity index (χ1) is 27.5. The van der Waals surface area contributed by atoms with E-state index in [-0.39, 0.29) is 5.41 Å². The van der Waals surface area contributed by atoms with Crippen LogP contribution in [0.15, 0.2) is 186 Å². The van der Waals surface area contributed by atoms with Gasteiger partial charge in [0.15, 0.2) is 0 Å². The Labute approximate surface area is 325 Å². The Morgan fingerprint density at radius 1 is 0.357 bits per heavy atom. The van der Waals surface area contributed by atoms with Crippen LogP contribution in [0.3, 0.4) is 0 Å². The van der Waals surface area contributed by atoms with Crippen molar-refractivity contribution in [3.05, 3.63) is 193 Å². The molecule has 0 radical (unpaired) electrons. The predicted molar refractivity (Wildman–Crippen MR) is 238 cm³/mol. The summed E-state index contributed by atoms with van der Waals surface area (Å²) < 4.78 is 6.98. The van der Waals surface area contributed by atoms with Gasteiger partial charge >= 0.3 is 0 Å². The Morgan fingerprint density at radius 3 is 1.52 bits per heavy atom. The highest BCUT2D eigenvalue weighted by Crippen LogP contribution is 2.56. The summed E-state index contributed by atoms with van der Waals surface area (Å²) in [6, 6.07) is 67.1. The van der Waals surface area contributed by atoms with Crippen LogP contribution >= 0.6 is 0 Å². The summed E-state index contributed by atoms with van der Waals surface area (Å²) in [7, 11) is 0. The molecule has 0 fully saturated rings. The van der Waals surface area contributed by atoms with E-state index in [9.17, 15) is 0 Å². The van der Waals surface area contributed by atoms with E-state index in [1.54, 1.807) is 0 Å². The van der Waals surface area contributed by atoms with Gasteiger partial charge in [0.25, 0.3) is 0 Å². The van der Waals surface area contributed by atoms with Crippen LogP contribution in [0.5, 0.6) is 0 Å². The molecule has 1 nitrogen and oxygen atoms in total. The molecule has 0 atom stereocenters. The van der Waals surface area contributed by atoms with Crippen molar-refractivity contribution in [3.63, 3.8) is 0 Å². The molecule has 12 rings (SSSR count). The molecule has 1 heterocycles. The third kappa shape index (κ3) is 4.37. The van der Waals surface area contributed by atoms with Crippen LogP contribution in [0.2, 0.25) is 0 Å². The highest BCUT2D eigenvalue weighted by Gasteiger charge is 2.39. The van der Waals surface area contributed by atoms with Gasteiger partial charge in [0, 0.05) is 21.8 Å². The van der Waals surface area contributed by atoms with Crippen LogP contribution in [0, 0.1) is 0 Å².